The van der Waals surface area contributed by atoms with Crippen LogP contribution in [0.3, 0.4) is 0 Å². The maximum absolute atomic E-state index is 12.8. The van der Waals surface area contributed by atoms with E-state index < -0.39 is 34.3 Å². The highest BCUT2D eigenvalue weighted by molar-refractivity contribution is 6.33. The molecule has 0 saturated carbocycles. The Hall–Kier alpha value is -1.83. The summed E-state index contributed by atoms with van der Waals surface area (Å²) in [5.41, 5.74) is -2.62. The number of halogens is 7. The van der Waals surface area contributed by atoms with E-state index in [1.807, 2.05) is 0 Å². The first-order valence-corrected chi connectivity index (χ1v) is 6.15. The first-order chi connectivity index (χ1) is 10.0. The van der Waals surface area contributed by atoms with E-state index in [4.69, 9.17) is 11.6 Å². The quantitative estimate of drug-likeness (QED) is 0.671. The number of benzene rings is 1. The first-order valence-electron chi connectivity index (χ1n) is 5.77. The smallest absolute Gasteiger partial charge is 0.235 e. The van der Waals surface area contributed by atoms with Gasteiger partial charge in [0.15, 0.2) is 5.69 Å². The van der Waals surface area contributed by atoms with Crippen molar-refractivity contribution in [3.8, 4) is 11.3 Å². The Bertz CT molecular complexity index is 709. The lowest BCUT2D eigenvalue weighted by molar-refractivity contribution is -0.141. The minimum atomic E-state index is -4.83. The van der Waals surface area contributed by atoms with Gasteiger partial charge in [0.1, 0.15) is 6.33 Å². The van der Waals surface area contributed by atoms with Gasteiger partial charge in [-0.1, -0.05) is 17.7 Å². The Morgan fingerprint density at radius 2 is 1.59 bits per heavy atom. The van der Waals surface area contributed by atoms with Crippen molar-refractivity contribution in [3.63, 3.8) is 0 Å². The lowest BCUT2D eigenvalue weighted by Gasteiger charge is -2.14. The average Bonchev–Trinajstić information content (AvgIpc) is 2.37. The van der Waals surface area contributed by atoms with Crippen molar-refractivity contribution in [2.45, 2.75) is 19.3 Å². The van der Waals surface area contributed by atoms with Crippen LogP contribution in [0.25, 0.3) is 11.3 Å². The molecule has 0 aliphatic rings. The largest absolute Gasteiger partial charge is 0.434 e. The third-order valence-corrected chi connectivity index (χ3v) is 3.24. The Morgan fingerprint density at radius 1 is 0.955 bits per heavy atom. The van der Waals surface area contributed by atoms with Crippen molar-refractivity contribution in [2.24, 2.45) is 0 Å². The summed E-state index contributed by atoms with van der Waals surface area (Å²) in [6, 6.07) is 2.69. The van der Waals surface area contributed by atoms with Crippen LogP contribution in [-0.4, -0.2) is 9.97 Å². The number of aromatic nitrogens is 2. The van der Waals surface area contributed by atoms with E-state index in [0.29, 0.717) is 18.0 Å². The highest BCUT2D eigenvalue weighted by atomic mass is 35.5. The molecule has 2 nitrogen and oxygen atoms in total. The molecule has 1 aromatic heterocycles. The lowest BCUT2D eigenvalue weighted by Crippen LogP contribution is -2.11. The normalized spacial score (nSPS) is 12.5. The highest BCUT2D eigenvalue weighted by Gasteiger charge is 2.37. The van der Waals surface area contributed by atoms with Gasteiger partial charge in [-0.3, -0.25) is 0 Å². The van der Waals surface area contributed by atoms with E-state index in [0.717, 1.165) is 12.1 Å². The van der Waals surface area contributed by atoms with Crippen LogP contribution in [0.5, 0.6) is 0 Å². The molecule has 0 unspecified atom stereocenters. The van der Waals surface area contributed by atoms with E-state index in [1.165, 1.54) is 6.92 Å². The molecule has 2 aromatic rings. The van der Waals surface area contributed by atoms with Gasteiger partial charge in [0.25, 0.3) is 0 Å². The number of hydrogen-bond donors (Lipinski definition) is 0. The number of alkyl halides is 6. The van der Waals surface area contributed by atoms with Gasteiger partial charge in [0, 0.05) is 5.56 Å². The van der Waals surface area contributed by atoms with Crippen LogP contribution in [0.2, 0.25) is 5.02 Å². The molecule has 118 valence electrons. The Kier molecular flexibility index (Phi) is 4.08. The predicted octanol–water partition coefficient (Wildman–Crippen LogP) is 5.14. The van der Waals surface area contributed by atoms with E-state index >= 15 is 0 Å². The van der Waals surface area contributed by atoms with Crippen molar-refractivity contribution < 1.29 is 26.3 Å². The van der Waals surface area contributed by atoms with Crippen LogP contribution < -0.4 is 0 Å². The minimum absolute atomic E-state index is 0.132. The molecule has 1 heterocycles. The van der Waals surface area contributed by atoms with Crippen LogP contribution >= 0.6 is 11.6 Å². The van der Waals surface area contributed by atoms with E-state index in [2.05, 4.69) is 9.97 Å². The summed E-state index contributed by atoms with van der Waals surface area (Å²) < 4.78 is 76.5. The minimum Gasteiger partial charge on any atom is -0.235 e. The van der Waals surface area contributed by atoms with Crippen LogP contribution in [0, 0.1) is 6.92 Å². The number of rotatable bonds is 1. The zero-order valence-electron chi connectivity index (χ0n) is 10.8. The molecular formula is C13H7ClF6N2. The average molecular weight is 341 g/mol. The third-order valence-electron chi connectivity index (χ3n) is 2.88. The van der Waals surface area contributed by atoms with E-state index in [-0.39, 0.29) is 5.56 Å². The fraction of sp³-hybridized carbons (Fsp3) is 0.231. The molecule has 22 heavy (non-hydrogen) atoms. The summed E-state index contributed by atoms with van der Waals surface area (Å²) in [6.07, 6.45) is -8.84. The monoisotopic (exact) mass is 340 g/mol. The van der Waals surface area contributed by atoms with Gasteiger partial charge in [-0.15, -0.1) is 0 Å². The Balaban J connectivity index is 2.67. The van der Waals surface area contributed by atoms with Crippen LogP contribution in [0.4, 0.5) is 26.3 Å². The van der Waals surface area contributed by atoms with Crippen molar-refractivity contribution >= 4 is 11.6 Å². The van der Waals surface area contributed by atoms with Gasteiger partial charge in [-0.05, 0) is 24.6 Å². The Labute approximate surface area is 125 Å². The molecule has 0 N–H and O–H groups in total. The first kappa shape index (κ1) is 16.5. The molecule has 1 aromatic carbocycles. The zero-order valence-corrected chi connectivity index (χ0v) is 11.6. The summed E-state index contributed by atoms with van der Waals surface area (Å²) >= 11 is 5.64. The fourth-order valence-corrected chi connectivity index (χ4v) is 2.12. The van der Waals surface area contributed by atoms with Crippen molar-refractivity contribution in [1.82, 2.24) is 9.97 Å². The van der Waals surface area contributed by atoms with E-state index in [9.17, 15) is 26.3 Å². The van der Waals surface area contributed by atoms with Crippen LogP contribution in [-0.2, 0) is 12.4 Å². The molecule has 0 saturated heterocycles. The lowest BCUT2D eigenvalue weighted by atomic mass is 10.0. The van der Waals surface area contributed by atoms with Gasteiger partial charge in [-0.25, -0.2) is 9.97 Å². The molecule has 0 aliphatic heterocycles. The molecule has 0 amide bonds. The van der Waals surface area contributed by atoms with Crippen molar-refractivity contribution in [2.75, 3.05) is 0 Å². The fourth-order valence-electron chi connectivity index (χ4n) is 1.81. The molecule has 0 fully saturated rings. The van der Waals surface area contributed by atoms with Crippen LogP contribution in [0.15, 0.2) is 24.5 Å². The summed E-state index contributed by atoms with van der Waals surface area (Å²) in [4.78, 5) is 6.64. The number of nitrogens with zero attached hydrogens (tertiary/aromatic N) is 2. The van der Waals surface area contributed by atoms with Crippen molar-refractivity contribution in [1.29, 1.82) is 0 Å². The van der Waals surface area contributed by atoms with Gasteiger partial charge >= 0.3 is 12.4 Å². The van der Waals surface area contributed by atoms with Gasteiger partial charge in [0.05, 0.1) is 16.3 Å². The van der Waals surface area contributed by atoms with Crippen LogP contribution in [0.1, 0.15) is 16.8 Å². The molecule has 0 bridgehead atoms. The molecule has 0 radical (unpaired) electrons. The molecular weight excluding hydrogens is 334 g/mol. The summed E-state index contributed by atoms with van der Waals surface area (Å²) in [7, 11) is 0. The zero-order chi connectivity index (χ0) is 16.7. The summed E-state index contributed by atoms with van der Waals surface area (Å²) in [5.74, 6) is 0. The second-order valence-electron chi connectivity index (χ2n) is 4.41. The SMILES string of the molecule is Cc1ccc(C(F)(F)F)cc1-c1ncnc(C(F)(F)F)c1Cl. The van der Waals surface area contributed by atoms with Crippen molar-refractivity contribution in [3.05, 3.63) is 46.4 Å². The molecule has 0 spiro atoms. The Morgan fingerprint density at radius 3 is 2.14 bits per heavy atom. The summed E-state index contributed by atoms with van der Waals surface area (Å²) in [6.45, 7) is 1.45. The topological polar surface area (TPSA) is 25.8 Å². The maximum atomic E-state index is 12.8. The maximum Gasteiger partial charge on any atom is 0.434 e. The molecule has 0 atom stereocenters. The predicted molar refractivity (Wildman–Crippen MR) is 67.2 cm³/mol. The summed E-state index contributed by atoms with van der Waals surface area (Å²) in [5, 5.41) is -0.836. The van der Waals surface area contributed by atoms with Gasteiger partial charge in [-0.2, -0.15) is 26.3 Å². The second kappa shape index (κ2) is 5.42. The standard InChI is InChI=1S/C13H7ClF6N2/c1-6-2-3-7(12(15,16)17)4-8(6)10-9(14)11(13(18,19)20)22-5-21-10/h2-5H,1H3. The second-order valence-corrected chi connectivity index (χ2v) is 4.79. The molecule has 2 rings (SSSR count). The third kappa shape index (κ3) is 3.16. The van der Waals surface area contributed by atoms with E-state index in [1.54, 1.807) is 0 Å². The van der Waals surface area contributed by atoms with Gasteiger partial charge < -0.3 is 0 Å². The number of aryl methyl sites for hydroxylation is 1. The molecule has 0 aliphatic carbocycles. The van der Waals surface area contributed by atoms with Gasteiger partial charge in [0.2, 0.25) is 0 Å². The highest BCUT2D eigenvalue weighted by Crippen LogP contribution is 2.39. The molecule has 9 heteroatoms. The number of hydrogen-bond acceptors (Lipinski definition) is 2.